The summed E-state index contributed by atoms with van der Waals surface area (Å²) in [6.07, 6.45) is -4.86. The van der Waals surface area contributed by atoms with Crippen LogP contribution in [0.2, 0.25) is 0 Å². The Morgan fingerprint density at radius 3 is 1.96 bits per heavy atom. The second kappa shape index (κ2) is 7.87. The van der Waals surface area contributed by atoms with Crippen molar-refractivity contribution in [1.82, 2.24) is 0 Å². The molecule has 1 amide bonds. The molecule has 0 aromatic heterocycles. The number of sulfonamides is 1. The van der Waals surface area contributed by atoms with Gasteiger partial charge in [-0.25, -0.2) is 8.42 Å². The van der Waals surface area contributed by atoms with Crippen LogP contribution in [0.1, 0.15) is 13.8 Å². The van der Waals surface area contributed by atoms with Gasteiger partial charge in [0.05, 0.1) is 4.90 Å². The maximum absolute atomic E-state index is 12.3. The third kappa shape index (κ3) is 6.17. The first-order valence-corrected chi connectivity index (χ1v) is 9.24. The summed E-state index contributed by atoms with van der Waals surface area (Å²) >= 11 is 0. The molecule has 0 fully saturated rings. The molecule has 146 valence electrons. The van der Waals surface area contributed by atoms with E-state index in [9.17, 15) is 26.4 Å². The highest BCUT2D eigenvalue weighted by Gasteiger charge is 2.31. The number of halogens is 3. The lowest BCUT2D eigenvalue weighted by Gasteiger charge is -2.12. The number of rotatable bonds is 6. The van der Waals surface area contributed by atoms with E-state index in [0.29, 0.717) is 5.69 Å². The Hall–Kier alpha value is -2.75. The van der Waals surface area contributed by atoms with Crippen LogP contribution in [0.4, 0.5) is 24.5 Å². The van der Waals surface area contributed by atoms with Crippen LogP contribution in [-0.4, -0.2) is 20.7 Å². The summed E-state index contributed by atoms with van der Waals surface area (Å²) in [5.41, 5.74) is 0.735. The molecular formula is C17H17F3N2O4S. The zero-order valence-electron chi connectivity index (χ0n) is 14.4. The van der Waals surface area contributed by atoms with Gasteiger partial charge < -0.3 is 10.1 Å². The molecule has 0 spiro atoms. The summed E-state index contributed by atoms with van der Waals surface area (Å²) in [6.45, 7) is 3.48. The number of carbonyl (C=O) groups is 1. The Bertz CT molecular complexity index is 893. The maximum Gasteiger partial charge on any atom is 0.573 e. The highest BCUT2D eigenvalue weighted by Crippen LogP contribution is 2.25. The van der Waals surface area contributed by atoms with Gasteiger partial charge in [0, 0.05) is 17.3 Å². The molecule has 2 rings (SSSR count). The van der Waals surface area contributed by atoms with Gasteiger partial charge in [-0.2, -0.15) is 0 Å². The van der Waals surface area contributed by atoms with Crippen LogP contribution in [0.15, 0.2) is 53.4 Å². The third-order valence-electron chi connectivity index (χ3n) is 3.30. The number of hydrogen-bond donors (Lipinski definition) is 2. The zero-order chi connectivity index (χ0) is 20.2. The van der Waals surface area contributed by atoms with E-state index in [1.807, 2.05) is 0 Å². The van der Waals surface area contributed by atoms with Crippen LogP contribution in [0.3, 0.4) is 0 Å². The number of anilines is 2. The third-order valence-corrected chi connectivity index (χ3v) is 4.69. The van der Waals surface area contributed by atoms with Crippen LogP contribution in [0, 0.1) is 5.92 Å². The van der Waals surface area contributed by atoms with Gasteiger partial charge >= 0.3 is 6.36 Å². The first kappa shape index (κ1) is 20.6. The van der Waals surface area contributed by atoms with Gasteiger partial charge in [0.2, 0.25) is 5.91 Å². The molecule has 27 heavy (non-hydrogen) atoms. The number of nitrogens with one attached hydrogen (secondary N) is 2. The molecule has 0 radical (unpaired) electrons. The highest BCUT2D eigenvalue weighted by atomic mass is 32.2. The lowest BCUT2D eigenvalue weighted by molar-refractivity contribution is -0.274. The quantitative estimate of drug-likeness (QED) is 0.766. The minimum absolute atomic E-state index is 0.176. The van der Waals surface area contributed by atoms with Crippen molar-refractivity contribution in [2.75, 3.05) is 10.0 Å². The molecule has 0 bridgehead atoms. The Balaban J connectivity index is 2.08. The minimum atomic E-state index is -4.86. The highest BCUT2D eigenvalue weighted by molar-refractivity contribution is 7.92. The summed E-state index contributed by atoms with van der Waals surface area (Å²) < 4.78 is 67.0. The first-order chi connectivity index (χ1) is 12.5. The number of alkyl halides is 3. The van der Waals surface area contributed by atoms with Gasteiger partial charge in [0.1, 0.15) is 5.75 Å². The van der Waals surface area contributed by atoms with Crippen LogP contribution >= 0.6 is 0 Å². The van der Waals surface area contributed by atoms with Gasteiger partial charge in [0.15, 0.2) is 0 Å². The van der Waals surface area contributed by atoms with E-state index < -0.39 is 22.1 Å². The second-order valence-electron chi connectivity index (χ2n) is 5.85. The van der Waals surface area contributed by atoms with Crippen molar-refractivity contribution in [1.29, 1.82) is 0 Å². The number of benzene rings is 2. The molecule has 0 aliphatic rings. The smallest absolute Gasteiger partial charge is 0.406 e. The van der Waals surface area contributed by atoms with E-state index in [1.165, 1.54) is 24.3 Å². The first-order valence-electron chi connectivity index (χ1n) is 7.76. The molecule has 2 N–H and O–H groups in total. The Kier molecular flexibility index (Phi) is 5.99. The van der Waals surface area contributed by atoms with Gasteiger partial charge in [0.25, 0.3) is 10.0 Å². The van der Waals surface area contributed by atoms with Crippen LogP contribution in [0.25, 0.3) is 0 Å². The monoisotopic (exact) mass is 402 g/mol. The number of amides is 1. The number of hydrogen-bond acceptors (Lipinski definition) is 4. The van der Waals surface area contributed by atoms with Crippen molar-refractivity contribution >= 4 is 27.3 Å². The van der Waals surface area contributed by atoms with E-state index in [2.05, 4.69) is 14.8 Å². The van der Waals surface area contributed by atoms with Crippen molar-refractivity contribution in [3.63, 3.8) is 0 Å². The zero-order valence-corrected chi connectivity index (χ0v) is 15.2. The van der Waals surface area contributed by atoms with E-state index in [0.717, 1.165) is 24.3 Å². The fraction of sp³-hybridized carbons (Fsp3) is 0.235. The lowest BCUT2D eigenvalue weighted by Crippen LogP contribution is -2.18. The van der Waals surface area contributed by atoms with Crippen LogP contribution in [0.5, 0.6) is 5.75 Å². The van der Waals surface area contributed by atoms with E-state index in [4.69, 9.17) is 0 Å². The standard InChI is InChI=1S/C17H17F3N2O4S/c1-11(2)16(23)21-12-3-5-13(6-4-12)22-27(24,25)15-9-7-14(8-10-15)26-17(18,19)20/h3-11,22H,1-2H3,(H,21,23). The molecule has 0 atom stereocenters. The molecule has 10 heteroatoms. The van der Waals surface area contributed by atoms with Gasteiger partial charge in [-0.15, -0.1) is 13.2 Å². The molecule has 2 aromatic carbocycles. The minimum Gasteiger partial charge on any atom is -0.406 e. The average Bonchev–Trinajstić information content (AvgIpc) is 2.55. The maximum atomic E-state index is 12.3. The van der Waals surface area contributed by atoms with Gasteiger partial charge in [-0.3, -0.25) is 9.52 Å². The Labute approximate surface area is 154 Å². The molecule has 0 saturated carbocycles. The van der Waals surface area contributed by atoms with Crippen molar-refractivity contribution in [2.24, 2.45) is 5.92 Å². The normalized spacial score (nSPS) is 11.9. The molecular weight excluding hydrogens is 385 g/mol. The van der Waals surface area contributed by atoms with Crippen LogP contribution < -0.4 is 14.8 Å². The van der Waals surface area contributed by atoms with Gasteiger partial charge in [-0.1, -0.05) is 13.8 Å². The van der Waals surface area contributed by atoms with E-state index in [1.54, 1.807) is 13.8 Å². The fourth-order valence-corrected chi connectivity index (χ4v) is 3.00. The molecule has 0 aliphatic carbocycles. The molecule has 0 saturated heterocycles. The molecule has 2 aromatic rings. The summed E-state index contributed by atoms with van der Waals surface area (Å²) in [7, 11) is -4.00. The molecule has 0 aliphatic heterocycles. The summed E-state index contributed by atoms with van der Waals surface area (Å²) in [5, 5.41) is 2.67. The molecule has 0 heterocycles. The fourth-order valence-electron chi connectivity index (χ4n) is 1.94. The lowest BCUT2D eigenvalue weighted by atomic mass is 10.2. The predicted molar refractivity (Wildman–Crippen MR) is 93.8 cm³/mol. The molecule has 6 nitrogen and oxygen atoms in total. The largest absolute Gasteiger partial charge is 0.573 e. The van der Waals surface area contributed by atoms with E-state index >= 15 is 0 Å². The van der Waals surface area contributed by atoms with Crippen molar-refractivity contribution in [3.05, 3.63) is 48.5 Å². The Morgan fingerprint density at radius 1 is 0.963 bits per heavy atom. The van der Waals surface area contributed by atoms with E-state index in [-0.39, 0.29) is 22.4 Å². The van der Waals surface area contributed by atoms with Crippen molar-refractivity contribution in [3.8, 4) is 5.75 Å². The van der Waals surface area contributed by atoms with Crippen molar-refractivity contribution < 1.29 is 31.1 Å². The summed E-state index contributed by atoms with van der Waals surface area (Å²) in [5.74, 6) is -0.899. The van der Waals surface area contributed by atoms with Crippen LogP contribution in [-0.2, 0) is 14.8 Å². The summed E-state index contributed by atoms with van der Waals surface area (Å²) in [4.78, 5) is 11.4. The predicted octanol–water partition coefficient (Wildman–Crippen LogP) is 3.98. The topological polar surface area (TPSA) is 84.5 Å². The number of ether oxygens (including phenoxy) is 1. The number of carbonyl (C=O) groups excluding carboxylic acids is 1. The average molecular weight is 402 g/mol. The summed E-state index contributed by atoms with van der Waals surface area (Å²) in [6, 6.07) is 9.78. The SMILES string of the molecule is CC(C)C(=O)Nc1ccc(NS(=O)(=O)c2ccc(OC(F)(F)F)cc2)cc1. The van der Waals surface area contributed by atoms with Crippen molar-refractivity contribution in [2.45, 2.75) is 25.1 Å². The molecule has 0 unspecified atom stereocenters. The van der Waals surface area contributed by atoms with Gasteiger partial charge in [-0.05, 0) is 48.5 Å². The Morgan fingerprint density at radius 2 is 1.48 bits per heavy atom. The second-order valence-corrected chi connectivity index (χ2v) is 7.53.